The normalized spacial score (nSPS) is 14.0. The molecule has 3 heterocycles. The van der Waals surface area contributed by atoms with Gasteiger partial charge in [0, 0.05) is 54.6 Å². The molecule has 2 aromatic carbocycles. The number of anilines is 3. The van der Waals surface area contributed by atoms with E-state index in [9.17, 15) is 0 Å². The number of hydrogen-bond donors (Lipinski definition) is 4. The van der Waals surface area contributed by atoms with Crippen molar-refractivity contribution in [1.82, 2.24) is 15.0 Å². The SMILES string of the molecule is CNc1nccc(-c2cc(NC3CCN(c4cc(C(=N)N)cc(Cl)n4)CC3)c3cc(OC)ccc3c2)n1. The Kier molecular flexibility index (Phi) is 6.96. The second-order valence-corrected chi connectivity index (χ2v) is 9.37. The average molecular weight is 517 g/mol. The van der Waals surface area contributed by atoms with Gasteiger partial charge in [-0.15, -0.1) is 0 Å². The first kappa shape index (κ1) is 24.6. The van der Waals surface area contributed by atoms with Crippen molar-refractivity contribution >= 4 is 45.7 Å². The summed E-state index contributed by atoms with van der Waals surface area (Å²) in [6, 6.07) is 16.0. The Morgan fingerprint density at radius 1 is 1.11 bits per heavy atom. The van der Waals surface area contributed by atoms with Gasteiger partial charge < -0.3 is 26.0 Å². The molecule has 1 fully saturated rings. The number of nitrogens with zero attached hydrogens (tertiary/aromatic N) is 4. The number of aromatic nitrogens is 3. The molecule has 0 spiro atoms. The first-order valence-electron chi connectivity index (χ1n) is 12.1. The van der Waals surface area contributed by atoms with Crippen LogP contribution in [0, 0.1) is 5.41 Å². The summed E-state index contributed by atoms with van der Waals surface area (Å²) < 4.78 is 5.51. The predicted molar refractivity (Wildman–Crippen MR) is 150 cm³/mol. The molecule has 0 saturated carbocycles. The zero-order chi connectivity index (χ0) is 25.9. The monoisotopic (exact) mass is 516 g/mol. The minimum absolute atomic E-state index is 0.0187. The molecule has 1 aliphatic rings. The smallest absolute Gasteiger partial charge is 0.222 e. The van der Waals surface area contributed by atoms with E-state index in [1.54, 1.807) is 19.4 Å². The van der Waals surface area contributed by atoms with Crippen molar-refractivity contribution in [1.29, 1.82) is 5.41 Å². The summed E-state index contributed by atoms with van der Waals surface area (Å²) in [7, 11) is 3.49. The topological polar surface area (TPSA) is 125 Å². The standard InChI is InChI=1S/C27H29ClN8O/c1-31-27-32-8-5-22(34-27)17-11-16-3-4-20(37-2)15-21(16)23(12-17)33-19-6-9-36(10-7-19)25-14-18(26(29)30)13-24(28)35-25/h3-5,8,11-15,19,33H,6-7,9-10H2,1-2H3,(H3,29,30)(H,31,32,34). The number of rotatable bonds is 7. The van der Waals surface area contributed by atoms with Crippen LogP contribution in [-0.4, -0.2) is 54.1 Å². The number of hydrogen-bond acceptors (Lipinski definition) is 8. The van der Waals surface area contributed by atoms with Crippen molar-refractivity contribution in [3.63, 3.8) is 0 Å². The molecule has 5 rings (SSSR count). The first-order chi connectivity index (χ1) is 17.9. The van der Waals surface area contributed by atoms with Crippen LogP contribution in [0.25, 0.3) is 22.0 Å². The maximum atomic E-state index is 7.74. The maximum Gasteiger partial charge on any atom is 0.222 e. The third-order valence-electron chi connectivity index (χ3n) is 6.61. The van der Waals surface area contributed by atoms with Crippen molar-refractivity contribution in [2.45, 2.75) is 18.9 Å². The number of fused-ring (bicyclic) bond motifs is 1. The van der Waals surface area contributed by atoms with Crippen LogP contribution in [0.15, 0.2) is 54.7 Å². The number of ether oxygens (including phenoxy) is 1. The van der Waals surface area contributed by atoms with Crippen molar-refractivity contribution in [3.05, 3.63) is 65.4 Å². The highest BCUT2D eigenvalue weighted by molar-refractivity contribution is 6.30. The molecule has 0 amide bonds. The summed E-state index contributed by atoms with van der Waals surface area (Å²) in [6.45, 7) is 1.61. The molecule has 1 saturated heterocycles. The molecule has 9 nitrogen and oxygen atoms in total. The molecule has 37 heavy (non-hydrogen) atoms. The Morgan fingerprint density at radius 3 is 2.65 bits per heavy atom. The highest BCUT2D eigenvalue weighted by atomic mass is 35.5. The summed E-state index contributed by atoms with van der Waals surface area (Å²) in [6.07, 6.45) is 3.59. The van der Waals surface area contributed by atoms with Gasteiger partial charge in [0.15, 0.2) is 0 Å². The summed E-state index contributed by atoms with van der Waals surface area (Å²) in [5.74, 6) is 2.12. The number of pyridine rings is 1. The number of piperidine rings is 1. The molecule has 0 aliphatic carbocycles. The molecule has 5 N–H and O–H groups in total. The Hall–Kier alpha value is -4.11. The van der Waals surface area contributed by atoms with E-state index in [-0.39, 0.29) is 11.9 Å². The van der Waals surface area contributed by atoms with E-state index in [1.807, 2.05) is 25.2 Å². The van der Waals surface area contributed by atoms with Crippen LogP contribution in [0.4, 0.5) is 17.5 Å². The quantitative estimate of drug-likeness (QED) is 0.157. The van der Waals surface area contributed by atoms with Crippen LogP contribution in [0.5, 0.6) is 5.75 Å². The number of methoxy groups -OCH3 is 1. The van der Waals surface area contributed by atoms with E-state index in [0.29, 0.717) is 16.7 Å². The fourth-order valence-electron chi connectivity index (χ4n) is 4.64. The lowest BCUT2D eigenvalue weighted by Crippen LogP contribution is -2.39. The fraction of sp³-hybridized carbons (Fsp3) is 0.259. The van der Waals surface area contributed by atoms with Crippen LogP contribution in [0.3, 0.4) is 0 Å². The highest BCUT2D eigenvalue weighted by Crippen LogP contribution is 2.34. The first-order valence-corrected chi connectivity index (χ1v) is 12.5. The molecule has 2 aromatic heterocycles. The van der Waals surface area contributed by atoms with Gasteiger partial charge in [-0.3, -0.25) is 5.41 Å². The van der Waals surface area contributed by atoms with Gasteiger partial charge in [-0.25, -0.2) is 15.0 Å². The zero-order valence-electron chi connectivity index (χ0n) is 20.8. The number of amidine groups is 1. The Morgan fingerprint density at radius 2 is 1.92 bits per heavy atom. The number of benzene rings is 2. The third-order valence-corrected chi connectivity index (χ3v) is 6.80. The largest absolute Gasteiger partial charge is 0.497 e. The van der Waals surface area contributed by atoms with Gasteiger partial charge in [0.2, 0.25) is 5.95 Å². The molecular formula is C27H29ClN8O. The van der Waals surface area contributed by atoms with E-state index < -0.39 is 0 Å². The maximum absolute atomic E-state index is 7.74. The lowest BCUT2D eigenvalue weighted by atomic mass is 9.99. The van der Waals surface area contributed by atoms with Crippen molar-refractivity contribution in [2.24, 2.45) is 5.73 Å². The van der Waals surface area contributed by atoms with Gasteiger partial charge >= 0.3 is 0 Å². The van der Waals surface area contributed by atoms with Crippen molar-refractivity contribution < 1.29 is 4.74 Å². The molecule has 0 radical (unpaired) electrons. The zero-order valence-corrected chi connectivity index (χ0v) is 21.5. The number of nitrogens with two attached hydrogens (primary N) is 1. The number of nitrogens with one attached hydrogen (secondary N) is 3. The average Bonchev–Trinajstić information content (AvgIpc) is 2.92. The molecule has 0 bridgehead atoms. The van der Waals surface area contributed by atoms with Crippen LogP contribution < -0.4 is 26.0 Å². The van der Waals surface area contributed by atoms with Gasteiger partial charge in [0.25, 0.3) is 0 Å². The van der Waals surface area contributed by atoms with Crippen LogP contribution in [-0.2, 0) is 0 Å². The number of nitrogen functional groups attached to an aromatic ring is 1. The lowest BCUT2D eigenvalue weighted by Gasteiger charge is -2.34. The van der Waals surface area contributed by atoms with E-state index >= 15 is 0 Å². The second-order valence-electron chi connectivity index (χ2n) is 8.98. The van der Waals surface area contributed by atoms with Crippen LogP contribution in [0.2, 0.25) is 5.15 Å². The molecule has 0 atom stereocenters. The third kappa shape index (κ3) is 5.36. The molecular weight excluding hydrogens is 488 g/mol. The van der Waals surface area contributed by atoms with Gasteiger partial charge in [0.1, 0.15) is 22.6 Å². The number of halogens is 1. The second kappa shape index (κ2) is 10.5. The van der Waals surface area contributed by atoms with Gasteiger partial charge in [-0.2, -0.15) is 0 Å². The Labute approximate surface area is 220 Å². The van der Waals surface area contributed by atoms with Crippen LogP contribution >= 0.6 is 11.6 Å². The minimum atomic E-state index is -0.0187. The lowest BCUT2D eigenvalue weighted by molar-refractivity contribution is 0.415. The van der Waals surface area contributed by atoms with Crippen molar-refractivity contribution in [2.75, 3.05) is 42.8 Å². The Bertz CT molecular complexity index is 1450. The summed E-state index contributed by atoms with van der Waals surface area (Å²) >= 11 is 6.19. The summed E-state index contributed by atoms with van der Waals surface area (Å²) in [5.41, 5.74) is 9.15. The van der Waals surface area contributed by atoms with Gasteiger partial charge in [0.05, 0.1) is 12.8 Å². The van der Waals surface area contributed by atoms with Gasteiger partial charge in [-0.05, 0) is 60.7 Å². The van der Waals surface area contributed by atoms with E-state index in [1.165, 1.54) is 0 Å². The minimum Gasteiger partial charge on any atom is -0.497 e. The fourth-order valence-corrected chi connectivity index (χ4v) is 4.85. The molecule has 4 aromatic rings. The van der Waals surface area contributed by atoms with E-state index in [4.69, 9.17) is 27.5 Å². The van der Waals surface area contributed by atoms with Crippen LogP contribution in [0.1, 0.15) is 18.4 Å². The molecule has 1 aliphatic heterocycles. The Balaban J connectivity index is 1.41. The highest BCUT2D eigenvalue weighted by Gasteiger charge is 2.22. The van der Waals surface area contributed by atoms with E-state index in [2.05, 4.69) is 54.8 Å². The van der Waals surface area contributed by atoms with E-state index in [0.717, 1.165) is 65.2 Å². The molecule has 10 heteroatoms. The predicted octanol–water partition coefficient (Wildman–Crippen LogP) is 4.76. The molecule has 190 valence electrons. The summed E-state index contributed by atoms with van der Waals surface area (Å²) in [5, 5.41) is 17.1. The van der Waals surface area contributed by atoms with Crippen molar-refractivity contribution in [3.8, 4) is 17.0 Å². The summed E-state index contributed by atoms with van der Waals surface area (Å²) in [4.78, 5) is 15.5. The molecule has 0 unspecified atom stereocenters. The van der Waals surface area contributed by atoms with Gasteiger partial charge in [-0.1, -0.05) is 17.7 Å².